The highest BCUT2D eigenvalue weighted by Crippen LogP contribution is 2.30. The van der Waals surface area contributed by atoms with Crippen LogP contribution in [0, 0.1) is 5.82 Å². The molecule has 0 radical (unpaired) electrons. The zero-order valence-electron chi connectivity index (χ0n) is 11.6. The molecule has 0 unspecified atom stereocenters. The van der Waals surface area contributed by atoms with Gasteiger partial charge in [-0.25, -0.2) is 4.39 Å². The van der Waals surface area contributed by atoms with Crippen LogP contribution in [-0.4, -0.2) is 22.4 Å². The van der Waals surface area contributed by atoms with Crippen LogP contribution < -0.4 is 0 Å². The summed E-state index contributed by atoms with van der Waals surface area (Å²) >= 11 is 1.04. The topological polar surface area (TPSA) is 46.5 Å². The maximum Gasteiger partial charge on any atom is 0.316 e. The molecule has 1 aromatic rings. The number of hydrogen-bond donors (Lipinski definition) is 1. The van der Waals surface area contributed by atoms with Crippen molar-refractivity contribution in [3.8, 4) is 0 Å². The summed E-state index contributed by atoms with van der Waals surface area (Å²) < 4.78 is 18.9. The summed E-state index contributed by atoms with van der Waals surface area (Å²) in [5, 5.41) is 9.58. The van der Waals surface area contributed by atoms with Crippen molar-refractivity contribution in [2.24, 2.45) is 0 Å². The summed E-state index contributed by atoms with van der Waals surface area (Å²) in [4.78, 5) is 11.9. The highest BCUT2D eigenvalue weighted by molar-refractivity contribution is 8.00. The minimum Gasteiger partial charge on any atom is -0.459 e. The fourth-order valence-corrected chi connectivity index (χ4v) is 2.44. The molecule has 0 aromatic heterocycles. The molecule has 19 heavy (non-hydrogen) atoms. The summed E-state index contributed by atoms with van der Waals surface area (Å²) in [6.07, 6.45) is -0.781. The van der Waals surface area contributed by atoms with Gasteiger partial charge in [-0.15, -0.1) is 11.8 Å². The third-order valence-corrected chi connectivity index (χ3v) is 3.30. The van der Waals surface area contributed by atoms with Gasteiger partial charge in [0, 0.05) is 4.90 Å². The SMILES string of the molecule is C[C@@H](O)c1cccc(F)c1SCC(=O)OC(C)(C)C. The molecule has 0 saturated carbocycles. The van der Waals surface area contributed by atoms with Gasteiger partial charge >= 0.3 is 5.97 Å². The Kier molecular flexibility index (Phi) is 5.38. The molecule has 0 spiro atoms. The van der Waals surface area contributed by atoms with Gasteiger partial charge in [0.25, 0.3) is 0 Å². The summed E-state index contributed by atoms with van der Waals surface area (Å²) in [6.45, 7) is 6.89. The second kappa shape index (κ2) is 6.39. The van der Waals surface area contributed by atoms with E-state index in [1.165, 1.54) is 12.1 Å². The lowest BCUT2D eigenvalue weighted by Gasteiger charge is -2.19. The predicted molar refractivity (Wildman–Crippen MR) is 73.6 cm³/mol. The van der Waals surface area contributed by atoms with Gasteiger partial charge in [0.1, 0.15) is 11.4 Å². The van der Waals surface area contributed by atoms with Crippen molar-refractivity contribution >= 4 is 17.7 Å². The van der Waals surface area contributed by atoms with E-state index in [0.717, 1.165) is 11.8 Å². The van der Waals surface area contributed by atoms with E-state index in [-0.39, 0.29) is 5.75 Å². The summed E-state index contributed by atoms with van der Waals surface area (Å²) in [6, 6.07) is 4.49. The van der Waals surface area contributed by atoms with Gasteiger partial charge in [-0.1, -0.05) is 12.1 Å². The molecule has 0 fully saturated rings. The molecule has 3 nitrogen and oxygen atoms in total. The summed E-state index contributed by atoms with van der Waals surface area (Å²) in [7, 11) is 0. The first-order valence-corrected chi connectivity index (χ1v) is 7.00. The molecule has 0 heterocycles. The Balaban J connectivity index is 2.75. The van der Waals surface area contributed by atoms with E-state index in [2.05, 4.69) is 0 Å². The molecule has 0 amide bonds. The van der Waals surface area contributed by atoms with E-state index in [1.807, 2.05) is 0 Å². The molecule has 0 aliphatic carbocycles. The van der Waals surface area contributed by atoms with Gasteiger partial charge in [0.2, 0.25) is 0 Å². The molecule has 0 aliphatic rings. The Labute approximate surface area is 117 Å². The monoisotopic (exact) mass is 286 g/mol. The third kappa shape index (κ3) is 5.20. The number of carbonyl (C=O) groups excluding carboxylic acids is 1. The van der Waals surface area contributed by atoms with Crippen LogP contribution in [0.2, 0.25) is 0 Å². The van der Waals surface area contributed by atoms with Crippen LogP contribution in [-0.2, 0) is 9.53 Å². The minimum absolute atomic E-state index is 0.0118. The molecule has 106 valence electrons. The summed E-state index contributed by atoms with van der Waals surface area (Å²) in [5.74, 6) is -0.831. The molecular weight excluding hydrogens is 267 g/mol. The van der Waals surface area contributed by atoms with Crippen LogP contribution in [0.1, 0.15) is 39.4 Å². The number of ether oxygens (including phenoxy) is 1. The van der Waals surface area contributed by atoms with Crippen molar-refractivity contribution in [1.29, 1.82) is 0 Å². The zero-order chi connectivity index (χ0) is 14.6. The quantitative estimate of drug-likeness (QED) is 0.681. The number of benzene rings is 1. The number of aliphatic hydroxyl groups is 1. The Hall–Kier alpha value is -1.07. The predicted octanol–water partition coefficient (Wildman–Crippen LogP) is 3.31. The van der Waals surface area contributed by atoms with Crippen molar-refractivity contribution in [3.05, 3.63) is 29.6 Å². The lowest BCUT2D eigenvalue weighted by molar-refractivity contribution is -0.151. The second-order valence-corrected chi connectivity index (χ2v) is 6.19. The minimum atomic E-state index is -0.781. The van der Waals surface area contributed by atoms with Gasteiger partial charge in [-0.3, -0.25) is 4.79 Å². The molecule has 1 N–H and O–H groups in total. The maximum absolute atomic E-state index is 13.7. The number of rotatable bonds is 4. The smallest absolute Gasteiger partial charge is 0.316 e. The van der Waals surface area contributed by atoms with E-state index in [1.54, 1.807) is 33.8 Å². The van der Waals surface area contributed by atoms with Crippen LogP contribution >= 0.6 is 11.8 Å². The van der Waals surface area contributed by atoms with Crippen molar-refractivity contribution in [1.82, 2.24) is 0 Å². The highest BCUT2D eigenvalue weighted by atomic mass is 32.2. The standard InChI is InChI=1S/C14H19FO3S/c1-9(16)10-6-5-7-11(15)13(10)19-8-12(17)18-14(2,3)4/h5-7,9,16H,8H2,1-4H3/t9-/m1/s1. The normalized spacial score (nSPS) is 13.2. The Morgan fingerprint density at radius 1 is 1.47 bits per heavy atom. The first-order chi connectivity index (χ1) is 8.70. The molecule has 0 saturated heterocycles. The first-order valence-electron chi connectivity index (χ1n) is 6.02. The van der Waals surface area contributed by atoms with Crippen LogP contribution in [0.5, 0.6) is 0 Å². The van der Waals surface area contributed by atoms with Crippen molar-refractivity contribution in [2.75, 3.05) is 5.75 Å². The lowest BCUT2D eigenvalue weighted by atomic mass is 10.1. The Morgan fingerprint density at radius 2 is 2.11 bits per heavy atom. The molecule has 5 heteroatoms. The largest absolute Gasteiger partial charge is 0.459 e. The van der Waals surface area contributed by atoms with Crippen LogP contribution in [0.4, 0.5) is 4.39 Å². The molecule has 1 rings (SSSR count). The van der Waals surface area contributed by atoms with Crippen molar-refractivity contribution in [2.45, 2.75) is 44.3 Å². The second-order valence-electron chi connectivity index (χ2n) is 5.21. The highest BCUT2D eigenvalue weighted by Gasteiger charge is 2.19. The average molecular weight is 286 g/mol. The lowest BCUT2D eigenvalue weighted by Crippen LogP contribution is -2.25. The number of halogens is 1. The van der Waals surface area contributed by atoms with E-state index < -0.39 is 23.5 Å². The third-order valence-electron chi connectivity index (χ3n) is 2.20. The number of aliphatic hydroxyl groups excluding tert-OH is 1. The Morgan fingerprint density at radius 3 is 2.63 bits per heavy atom. The zero-order valence-corrected chi connectivity index (χ0v) is 12.4. The van der Waals surface area contributed by atoms with Crippen LogP contribution in [0.15, 0.2) is 23.1 Å². The fraction of sp³-hybridized carbons (Fsp3) is 0.500. The molecule has 1 aromatic carbocycles. The van der Waals surface area contributed by atoms with E-state index in [0.29, 0.717) is 10.5 Å². The first kappa shape index (κ1) is 16.0. The number of thioether (sulfide) groups is 1. The molecular formula is C14H19FO3S. The van der Waals surface area contributed by atoms with Crippen LogP contribution in [0.25, 0.3) is 0 Å². The van der Waals surface area contributed by atoms with Gasteiger partial charge in [-0.05, 0) is 39.3 Å². The summed E-state index contributed by atoms with van der Waals surface area (Å²) in [5.41, 5.74) is -0.0754. The van der Waals surface area contributed by atoms with Gasteiger partial charge in [0.05, 0.1) is 11.9 Å². The number of esters is 1. The number of carbonyl (C=O) groups is 1. The van der Waals surface area contributed by atoms with Gasteiger partial charge in [-0.2, -0.15) is 0 Å². The van der Waals surface area contributed by atoms with Gasteiger partial charge in [0.15, 0.2) is 0 Å². The van der Waals surface area contributed by atoms with Gasteiger partial charge < -0.3 is 9.84 Å². The molecule has 0 aliphatic heterocycles. The fourth-order valence-electron chi connectivity index (χ4n) is 1.51. The average Bonchev–Trinajstić information content (AvgIpc) is 2.24. The Bertz CT molecular complexity index is 452. The van der Waals surface area contributed by atoms with Crippen LogP contribution in [0.3, 0.4) is 0 Å². The number of hydrogen-bond acceptors (Lipinski definition) is 4. The van der Waals surface area contributed by atoms with E-state index >= 15 is 0 Å². The van der Waals surface area contributed by atoms with E-state index in [9.17, 15) is 14.3 Å². The van der Waals surface area contributed by atoms with E-state index in [4.69, 9.17) is 4.74 Å². The van der Waals surface area contributed by atoms with Crippen molar-refractivity contribution in [3.63, 3.8) is 0 Å². The maximum atomic E-state index is 13.7. The van der Waals surface area contributed by atoms with Crippen molar-refractivity contribution < 1.29 is 19.0 Å². The molecule has 0 bridgehead atoms. The molecule has 1 atom stereocenters.